The first-order valence-electron chi connectivity index (χ1n) is 5.03. The quantitative estimate of drug-likeness (QED) is 0.449. The summed E-state index contributed by atoms with van der Waals surface area (Å²) in [5, 5.41) is 10.3. The SMILES string of the molecule is CCCCCCCCC(Br)C[O]. The van der Waals surface area contributed by atoms with Crippen LogP contribution in [0.4, 0.5) is 0 Å². The van der Waals surface area contributed by atoms with E-state index in [0.29, 0.717) is 0 Å². The van der Waals surface area contributed by atoms with Crippen LogP contribution in [-0.4, -0.2) is 11.4 Å². The van der Waals surface area contributed by atoms with Crippen LogP contribution in [0, 0.1) is 0 Å². The Bertz CT molecular complexity index is 85.9. The minimum atomic E-state index is 0.0228. The topological polar surface area (TPSA) is 19.9 Å². The standard InChI is InChI=1S/C10H20BrO/c1-2-3-4-5-6-7-8-10(11)9-12/h10H,2-9H2,1H3. The molecule has 0 aromatic rings. The van der Waals surface area contributed by atoms with Crippen molar-refractivity contribution >= 4 is 15.9 Å². The lowest BCUT2D eigenvalue weighted by Gasteiger charge is -2.03. The number of halogens is 1. The largest absolute Gasteiger partial charge is 0.236 e. The molecule has 0 aromatic carbocycles. The molecule has 0 aliphatic carbocycles. The summed E-state index contributed by atoms with van der Waals surface area (Å²) in [7, 11) is 0. The van der Waals surface area contributed by atoms with E-state index in [-0.39, 0.29) is 11.4 Å². The van der Waals surface area contributed by atoms with E-state index in [2.05, 4.69) is 22.9 Å². The van der Waals surface area contributed by atoms with Crippen LogP contribution in [0.5, 0.6) is 0 Å². The fourth-order valence-corrected chi connectivity index (χ4v) is 1.55. The molecule has 1 nitrogen and oxygen atoms in total. The van der Waals surface area contributed by atoms with Crippen molar-refractivity contribution in [2.24, 2.45) is 0 Å². The van der Waals surface area contributed by atoms with Gasteiger partial charge in [0.2, 0.25) is 0 Å². The lowest BCUT2D eigenvalue weighted by Crippen LogP contribution is -2.01. The molecule has 73 valence electrons. The van der Waals surface area contributed by atoms with E-state index in [1.807, 2.05) is 0 Å². The third-order valence-corrected chi connectivity index (χ3v) is 2.77. The van der Waals surface area contributed by atoms with Gasteiger partial charge in [0.1, 0.15) is 0 Å². The number of hydrogen-bond donors (Lipinski definition) is 0. The molecule has 2 heteroatoms. The molecule has 1 radical (unpaired) electrons. The molecule has 0 spiro atoms. The zero-order valence-corrected chi connectivity index (χ0v) is 9.61. The molecule has 12 heavy (non-hydrogen) atoms. The number of hydrogen-bond acceptors (Lipinski definition) is 0. The third kappa shape index (κ3) is 8.54. The summed E-state index contributed by atoms with van der Waals surface area (Å²) in [5.41, 5.74) is 0. The molecule has 0 amide bonds. The third-order valence-electron chi connectivity index (χ3n) is 2.05. The molecule has 1 atom stereocenters. The van der Waals surface area contributed by atoms with E-state index in [9.17, 15) is 5.11 Å². The van der Waals surface area contributed by atoms with Crippen LogP contribution in [0.15, 0.2) is 0 Å². The molecule has 0 saturated heterocycles. The van der Waals surface area contributed by atoms with E-state index in [4.69, 9.17) is 0 Å². The lowest BCUT2D eigenvalue weighted by molar-refractivity contribution is 0.192. The highest BCUT2D eigenvalue weighted by Crippen LogP contribution is 2.12. The Morgan fingerprint density at radius 2 is 1.67 bits per heavy atom. The second-order valence-electron chi connectivity index (χ2n) is 3.32. The average molecular weight is 236 g/mol. The van der Waals surface area contributed by atoms with Crippen LogP contribution in [-0.2, 0) is 5.11 Å². The molecule has 0 bridgehead atoms. The van der Waals surface area contributed by atoms with Crippen LogP contribution in [0.25, 0.3) is 0 Å². The van der Waals surface area contributed by atoms with Crippen molar-refractivity contribution in [2.75, 3.05) is 6.61 Å². The van der Waals surface area contributed by atoms with Gasteiger partial charge < -0.3 is 0 Å². The Morgan fingerprint density at radius 1 is 1.08 bits per heavy atom. The van der Waals surface area contributed by atoms with Crippen LogP contribution in [0.1, 0.15) is 51.9 Å². The van der Waals surface area contributed by atoms with Gasteiger partial charge in [0.15, 0.2) is 0 Å². The maximum atomic E-state index is 10.3. The molecule has 0 saturated carbocycles. The predicted molar refractivity (Wildman–Crippen MR) is 56.3 cm³/mol. The van der Waals surface area contributed by atoms with E-state index in [1.54, 1.807) is 0 Å². The first-order valence-corrected chi connectivity index (χ1v) is 5.95. The maximum absolute atomic E-state index is 10.3. The van der Waals surface area contributed by atoms with Crippen molar-refractivity contribution in [2.45, 2.75) is 56.7 Å². The summed E-state index contributed by atoms with van der Waals surface area (Å²) >= 11 is 3.35. The highest BCUT2D eigenvalue weighted by atomic mass is 79.9. The van der Waals surface area contributed by atoms with Gasteiger partial charge >= 0.3 is 0 Å². The van der Waals surface area contributed by atoms with Crippen molar-refractivity contribution in [3.63, 3.8) is 0 Å². The molecular formula is C10H20BrO. The normalized spacial score (nSPS) is 13.2. The van der Waals surface area contributed by atoms with E-state index in [1.165, 1.54) is 38.5 Å². The van der Waals surface area contributed by atoms with Crippen LogP contribution >= 0.6 is 15.9 Å². The van der Waals surface area contributed by atoms with Gasteiger partial charge in [0, 0.05) is 4.83 Å². The molecule has 0 fully saturated rings. The number of unbranched alkanes of at least 4 members (excludes halogenated alkanes) is 5. The van der Waals surface area contributed by atoms with Gasteiger partial charge in [-0.15, -0.1) is 0 Å². The Kier molecular flexibility index (Phi) is 9.88. The van der Waals surface area contributed by atoms with Gasteiger partial charge in [-0.1, -0.05) is 61.4 Å². The first-order chi connectivity index (χ1) is 5.81. The summed E-state index contributed by atoms with van der Waals surface area (Å²) in [4.78, 5) is 0.212. The Balaban J connectivity index is 2.90. The Labute approximate surface area is 84.7 Å². The van der Waals surface area contributed by atoms with E-state index in [0.717, 1.165) is 6.42 Å². The minimum absolute atomic E-state index is 0.0228. The lowest BCUT2D eigenvalue weighted by atomic mass is 10.1. The Hall–Kier alpha value is 0.440. The monoisotopic (exact) mass is 235 g/mol. The number of rotatable bonds is 8. The summed E-state index contributed by atoms with van der Waals surface area (Å²) in [6.07, 6.45) is 8.92. The van der Waals surface area contributed by atoms with E-state index < -0.39 is 0 Å². The maximum Gasteiger partial charge on any atom is 0.0947 e. The van der Waals surface area contributed by atoms with Crippen molar-refractivity contribution in [1.29, 1.82) is 0 Å². The Morgan fingerprint density at radius 3 is 2.25 bits per heavy atom. The molecule has 0 heterocycles. The second kappa shape index (κ2) is 9.53. The summed E-state index contributed by atoms with van der Waals surface area (Å²) in [6.45, 7) is 2.25. The fourth-order valence-electron chi connectivity index (χ4n) is 1.23. The summed E-state index contributed by atoms with van der Waals surface area (Å²) in [5.74, 6) is 0. The van der Waals surface area contributed by atoms with Gasteiger partial charge in [0.25, 0.3) is 0 Å². The molecular weight excluding hydrogens is 216 g/mol. The zero-order valence-electron chi connectivity index (χ0n) is 8.02. The van der Waals surface area contributed by atoms with Crippen molar-refractivity contribution in [3.05, 3.63) is 0 Å². The van der Waals surface area contributed by atoms with Gasteiger partial charge in [-0.2, -0.15) is 0 Å². The van der Waals surface area contributed by atoms with Crippen molar-refractivity contribution in [3.8, 4) is 0 Å². The van der Waals surface area contributed by atoms with Crippen LogP contribution < -0.4 is 0 Å². The van der Waals surface area contributed by atoms with Crippen molar-refractivity contribution < 1.29 is 5.11 Å². The second-order valence-corrected chi connectivity index (χ2v) is 4.62. The van der Waals surface area contributed by atoms with Crippen LogP contribution in [0.2, 0.25) is 0 Å². The fraction of sp³-hybridized carbons (Fsp3) is 1.00. The zero-order chi connectivity index (χ0) is 9.23. The molecule has 0 aliphatic heterocycles. The highest BCUT2D eigenvalue weighted by molar-refractivity contribution is 9.09. The van der Waals surface area contributed by atoms with Gasteiger partial charge in [-0.25, -0.2) is 5.11 Å². The van der Waals surface area contributed by atoms with E-state index >= 15 is 0 Å². The van der Waals surface area contributed by atoms with Gasteiger partial charge in [-0.3, -0.25) is 0 Å². The molecule has 0 N–H and O–H groups in total. The predicted octanol–water partition coefficient (Wildman–Crippen LogP) is 3.93. The average Bonchev–Trinajstić information content (AvgIpc) is 2.10. The molecule has 0 aliphatic rings. The summed E-state index contributed by atoms with van der Waals surface area (Å²) in [6, 6.07) is 0. The number of alkyl halides is 1. The molecule has 0 aromatic heterocycles. The summed E-state index contributed by atoms with van der Waals surface area (Å²) < 4.78 is 0. The minimum Gasteiger partial charge on any atom is -0.236 e. The van der Waals surface area contributed by atoms with Gasteiger partial charge in [0.05, 0.1) is 6.61 Å². The molecule has 0 rings (SSSR count). The van der Waals surface area contributed by atoms with Crippen molar-refractivity contribution in [1.82, 2.24) is 0 Å². The molecule has 1 unspecified atom stereocenters. The first kappa shape index (κ1) is 12.4. The highest BCUT2D eigenvalue weighted by Gasteiger charge is 2.01. The van der Waals surface area contributed by atoms with Crippen LogP contribution in [0.3, 0.4) is 0 Å². The smallest absolute Gasteiger partial charge is 0.0947 e. The van der Waals surface area contributed by atoms with Gasteiger partial charge in [-0.05, 0) is 6.42 Å².